The summed E-state index contributed by atoms with van der Waals surface area (Å²) in [6.45, 7) is 3.65. The molecule has 2 heterocycles. The first kappa shape index (κ1) is 25.9. The minimum absolute atomic E-state index is 0.0439. The number of hydrogen-bond donors (Lipinski definition) is 0. The summed E-state index contributed by atoms with van der Waals surface area (Å²) in [5.74, 6) is 0.589. The van der Waals surface area contributed by atoms with Gasteiger partial charge in [-0.3, -0.25) is 9.36 Å². The number of benzene rings is 3. The molecule has 0 spiro atoms. The molecule has 0 saturated carbocycles. The number of nitriles is 1. The summed E-state index contributed by atoms with van der Waals surface area (Å²) in [5, 5.41) is 10.5. The number of thiazole rings is 1. The minimum atomic E-state index is -0.801. The Kier molecular flexibility index (Phi) is 7.30. The summed E-state index contributed by atoms with van der Waals surface area (Å²) in [6.07, 6.45) is 1.78. The second kappa shape index (κ2) is 11.0. The number of rotatable bonds is 7. The largest absolute Gasteiger partial charge is 0.496 e. The van der Waals surface area contributed by atoms with E-state index in [0.29, 0.717) is 37.7 Å². The molecule has 1 aromatic heterocycles. The Bertz CT molecular complexity index is 1830. The second-order valence-electron chi connectivity index (χ2n) is 8.72. The second-order valence-corrected chi connectivity index (χ2v) is 9.73. The summed E-state index contributed by atoms with van der Waals surface area (Å²) >= 11 is 1.25. The van der Waals surface area contributed by atoms with Crippen LogP contribution in [-0.4, -0.2) is 30.9 Å². The Hall–Kier alpha value is -4.68. The third-order valence-corrected chi connectivity index (χ3v) is 7.41. The molecule has 0 aliphatic carbocycles. The van der Waals surface area contributed by atoms with Gasteiger partial charge in [-0.15, -0.1) is 0 Å². The lowest BCUT2D eigenvalue weighted by Crippen LogP contribution is -2.40. The zero-order valence-corrected chi connectivity index (χ0v) is 22.5. The van der Waals surface area contributed by atoms with Crippen molar-refractivity contribution < 1.29 is 19.0 Å². The summed E-state index contributed by atoms with van der Waals surface area (Å²) in [5.41, 5.74) is 1.98. The van der Waals surface area contributed by atoms with E-state index in [-0.39, 0.29) is 18.8 Å². The Morgan fingerprint density at radius 3 is 2.64 bits per heavy atom. The molecular formula is C30H25N3O5S. The summed E-state index contributed by atoms with van der Waals surface area (Å²) in [7, 11) is 1.57. The van der Waals surface area contributed by atoms with Crippen LogP contribution in [0.3, 0.4) is 0 Å². The van der Waals surface area contributed by atoms with E-state index in [1.807, 2.05) is 54.6 Å². The number of aromatic nitrogens is 1. The van der Waals surface area contributed by atoms with Crippen molar-refractivity contribution in [2.75, 3.05) is 20.3 Å². The molecule has 4 aromatic rings. The van der Waals surface area contributed by atoms with Gasteiger partial charge < -0.3 is 14.2 Å². The van der Waals surface area contributed by atoms with Crippen LogP contribution >= 0.6 is 11.3 Å². The first-order chi connectivity index (χ1) is 19.0. The number of carbonyl (C=O) groups is 1. The van der Waals surface area contributed by atoms with Crippen LogP contribution in [0.1, 0.15) is 31.0 Å². The van der Waals surface area contributed by atoms with Crippen LogP contribution in [-0.2, 0) is 9.53 Å². The number of ether oxygens (including phenoxy) is 3. The lowest BCUT2D eigenvalue weighted by atomic mass is 9.90. The molecule has 1 aliphatic heterocycles. The zero-order valence-electron chi connectivity index (χ0n) is 21.6. The predicted octanol–water partition coefficient (Wildman–Crippen LogP) is 3.86. The predicted molar refractivity (Wildman–Crippen MR) is 148 cm³/mol. The molecule has 5 rings (SSSR count). The quantitative estimate of drug-likeness (QED) is 0.331. The van der Waals surface area contributed by atoms with E-state index in [4.69, 9.17) is 19.5 Å². The van der Waals surface area contributed by atoms with Crippen LogP contribution in [0.5, 0.6) is 11.5 Å². The number of hydrogen-bond acceptors (Lipinski definition) is 8. The first-order valence-electron chi connectivity index (χ1n) is 12.3. The molecule has 0 N–H and O–H groups in total. The maximum Gasteiger partial charge on any atom is 0.338 e. The van der Waals surface area contributed by atoms with Gasteiger partial charge in [0.1, 0.15) is 23.6 Å². The maximum absolute atomic E-state index is 14.0. The molecule has 9 heteroatoms. The monoisotopic (exact) mass is 539 g/mol. The van der Waals surface area contributed by atoms with Crippen molar-refractivity contribution in [3.05, 3.63) is 103 Å². The lowest BCUT2D eigenvalue weighted by Gasteiger charge is -2.27. The van der Waals surface area contributed by atoms with Crippen LogP contribution in [0.15, 0.2) is 81.7 Å². The molecule has 1 aliphatic rings. The van der Waals surface area contributed by atoms with E-state index >= 15 is 0 Å². The number of allylic oxidation sites excluding steroid dienone is 1. The summed E-state index contributed by atoms with van der Waals surface area (Å²) in [6, 6.07) is 19.8. The van der Waals surface area contributed by atoms with Crippen molar-refractivity contribution in [1.82, 2.24) is 4.57 Å². The van der Waals surface area contributed by atoms with E-state index in [1.54, 1.807) is 43.7 Å². The Balaban J connectivity index is 1.75. The van der Waals surface area contributed by atoms with E-state index in [9.17, 15) is 9.59 Å². The van der Waals surface area contributed by atoms with Crippen molar-refractivity contribution in [1.29, 1.82) is 5.26 Å². The molecule has 0 bridgehead atoms. The van der Waals surface area contributed by atoms with Crippen molar-refractivity contribution in [3.8, 4) is 17.6 Å². The normalized spacial score (nSPS) is 14.9. The van der Waals surface area contributed by atoms with Gasteiger partial charge in [-0.1, -0.05) is 53.8 Å². The average molecular weight is 540 g/mol. The fraction of sp³-hybridized carbons (Fsp3) is 0.200. The van der Waals surface area contributed by atoms with Gasteiger partial charge in [0.25, 0.3) is 5.56 Å². The Morgan fingerprint density at radius 1 is 1.15 bits per heavy atom. The third kappa shape index (κ3) is 4.82. The highest BCUT2D eigenvalue weighted by Gasteiger charge is 2.36. The van der Waals surface area contributed by atoms with Gasteiger partial charge in [0.15, 0.2) is 11.4 Å². The SMILES string of the molecule is CCOC(=O)C1=C(C)N=c2s/c(=C\c3ccc(OCC#N)cc3)c(=O)n2[C@H]1c1c(OC)ccc2ccccc12. The van der Waals surface area contributed by atoms with Gasteiger partial charge in [0.2, 0.25) is 0 Å². The number of fused-ring (bicyclic) bond motifs is 2. The lowest BCUT2D eigenvalue weighted by molar-refractivity contribution is -0.139. The van der Waals surface area contributed by atoms with Gasteiger partial charge in [-0.2, -0.15) is 5.26 Å². The molecule has 1 atom stereocenters. The number of carbonyl (C=O) groups excluding carboxylic acids is 1. The van der Waals surface area contributed by atoms with E-state index in [0.717, 1.165) is 16.3 Å². The highest BCUT2D eigenvalue weighted by Crippen LogP contribution is 2.40. The molecule has 8 nitrogen and oxygen atoms in total. The molecule has 0 radical (unpaired) electrons. The van der Waals surface area contributed by atoms with Crippen molar-refractivity contribution in [2.45, 2.75) is 19.9 Å². The molecule has 39 heavy (non-hydrogen) atoms. The number of nitrogens with zero attached hydrogens (tertiary/aromatic N) is 3. The van der Waals surface area contributed by atoms with Gasteiger partial charge in [0, 0.05) is 5.56 Å². The fourth-order valence-corrected chi connectivity index (χ4v) is 5.77. The van der Waals surface area contributed by atoms with Gasteiger partial charge >= 0.3 is 5.97 Å². The molecule has 0 fully saturated rings. The van der Waals surface area contributed by atoms with E-state index in [2.05, 4.69) is 4.99 Å². The summed E-state index contributed by atoms with van der Waals surface area (Å²) < 4.78 is 18.5. The van der Waals surface area contributed by atoms with E-state index in [1.165, 1.54) is 11.3 Å². The average Bonchev–Trinajstić information content (AvgIpc) is 3.25. The zero-order chi connectivity index (χ0) is 27.5. The smallest absolute Gasteiger partial charge is 0.338 e. The third-order valence-electron chi connectivity index (χ3n) is 6.42. The molecule has 0 amide bonds. The standard InChI is InChI=1S/C30H25N3O5S/c1-4-37-29(35)25-18(2)32-30-33(27(25)26-22-8-6-5-7-20(22)11-14-23(26)36-3)28(34)24(39-30)17-19-9-12-21(13-10-19)38-16-15-31/h5-14,17,27H,4,16H2,1-3H3/b24-17-/t27-/m1/s1. The van der Waals surface area contributed by atoms with Crippen LogP contribution in [0, 0.1) is 11.3 Å². The van der Waals surface area contributed by atoms with Gasteiger partial charge in [0.05, 0.1) is 29.5 Å². The van der Waals surface area contributed by atoms with Gasteiger partial charge in [-0.05, 0) is 54.5 Å². The van der Waals surface area contributed by atoms with Crippen LogP contribution in [0.2, 0.25) is 0 Å². The summed E-state index contributed by atoms with van der Waals surface area (Å²) in [4.78, 5) is 32.4. The van der Waals surface area contributed by atoms with Crippen molar-refractivity contribution >= 4 is 34.2 Å². The van der Waals surface area contributed by atoms with Crippen LogP contribution in [0.4, 0.5) is 0 Å². The topological polar surface area (TPSA) is 103 Å². The van der Waals surface area contributed by atoms with E-state index < -0.39 is 12.0 Å². The molecule has 196 valence electrons. The van der Waals surface area contributed by atoms with Crippen LogP contribution < -0.4 is 24.4 Å². The molecule has 0 saturated heterocycles. The maximum atomic E-state index is 14.0. The molecular weight excluding hydrogens is 514 g/mol. The minimum Gasteiger partial charge on any atom is -0.496 e. The first-order valence-corrected chi connectivity index (χ1v) is 13.1. The fourth-order valence-electron chi connectivity index (χ4n) is 4.73. The Labute approximate surface area is 228 Å². The van der Waals surface area contributed by atoms with Crippen molar-refractivity contribution in [3.63, 3.8) is 0 Å². The van der Waals surface area contributed by atoms with Crippen LogP contribution in [0.25, 0.3) is 16.8 Å². The van der Waals surface area contributed by atoms with Crippen molar-refractivity contribution in [2.24, 2.45) is 4.99 Å². The highest BCUT2D eigenvalue weighted by molar-refractivity contribution is 7.07. The number of esters is 1. The number of methoxy groups -OCH3 is 1. The van der Waals surface area contributed by atoms with Gasteiger partial charge in [-0.25, -0.2) is 9.79 Å². The highest BCUT2D eigenvalue weighted by atomic mass is 32.1. The Morgan fingerprint density at radius 2 is 1.92 bits per heavy atom. The molecule has 3 aromatic carbocycles. The molecule has 0 unspecified atom stereocenters.